The van der Waals surface area contributed by atoms with Crippen LogP contribution in [0.15, 0.2) is 12.7 Å². The first kappa shape index (κ1) is 13.6. The van der Waals surface area contributed by atoms with Gasteiger partial charge in [-0.3, -0.25) is 9.69 Å². The average molecular weight is 251 g/mol. The van der Waals surface area contributed by atoms with Crippen molar-refractivity contribution in [2.24, 2.45) is 17.3 Å². The Kier molecular flexibility index (Phi) is 3.81. The van der Waals surface area contributed by atoms with E-state index in [-0.39, 0.29) is 5.97 Å². The third-order valence-corrected chi connectivity index (χ3v) is 4.94. The van der Waals surface area contributed by atoms with E-state index in [0.717, 1.165) is 25.4 Å². The molecule has 0 amide bonds. The Morgan fingerprint density at radius 1 is 1.39 bits per heavy atom. The summed E-state index contributed by atoms with van der Waals surface area (Å²) >= 11 is 0. The van der Waals surface area contributed by atoms with Crippen LogP contribution in [0, 0.1) is 17.3 Å². The van der Waals surface area contributed by atoms with Gasteiger partial charge in [0.1, 0.15) is 0 Å². The first-order valence-electron chi connectivity index (χ1n) is 6.95. The van der Waals surface area contributed by atoms with Crippen LogP contribution < -0.4 is 0 Å². The lowest BCUT2D eigenvalue weighted by atomic mass is 9.81. The van der Waals surface area contributed by atoms with E-state index in [1.54, 1.807) is 0 Å². The summed E-state index contributed by atoms with van der Waals surface area (Å²) in [6, 6.07) is 0.305. The van der Waals surface area contributed by atoms with Gasteiger partial charge < -0.3 is 4.74 Å². The molecule has 1 unspecified atom stereocenters. The van der Waals surface area contributed by atoms with Crippen LogP contribution in [-0.2, 0) is 9.53 Å². The molecule has 0 aromatic heterocycles. The summed E-state index contributed by atoms with van der Waals surface area (Å²) in [6.07, 6.45) is 5.64. The Hall–Kier alpha value is -0.830. The fourth-order valence-electron chi connectivity index (χ4n) is 3.74. The second-order valence-corrected chi connectivity index (χ2v) is 6.25. The number of hydrogen-bond donors (Lipinski definition) is 0. The molecule has 0 aliphatic carbocycles. The van der Waals surface area contributed by atoms with Crippen LogP contribution in [0.5, 0.6) is 0 Å². The van der Waals surface area contributed by atoms with Crippen LogP contribution in [0.3, 0.4) is 0 Å². The molecule has 0 aromatic rings. The number of carbonyl (C=O) groups excluding carboxylic acids is 1. The predicted octanol–water partition coefficient (Wildman–Crippen LogP) is 2.47. The van der Waals surface area contributed by atoms with Crippen LogP contribution in [0.2, 0.25) is 0 Å². The first-order chi connectivity index (χ1) is 8.50. The summed E-state index contributed by atoms with van der Waals surface area (Å²) in [5, 5.41) is 0. The van der Waals surface area contributed by atoms with Gasteiger partial charge in [0.05, 0.1) is 12.5 Å². The summed E-state index contributed by atoms with van der Waals surface area (Å²) in [6.45, 7) is 10.2. The monoisotopic (exact) mass is 251 g/mol. The van der Waals surface area contributed by atoms with Crippen molar-refractivity contribution in [1.29, 1.82) is 0 Å². The van der Waals surface area contributed by atoms with Gasteiger partial charge in [0.15, 0.2) is 0 Å². The van der Waals surface area contributed by atoms with Gasteiger partial charge in [0, 0.05) is 12.6 Å². The molecule has 3 rings (SSSR count). The molecule has 2 bridgehead atoms. The van der Waals surface area contributed by atoms with Crippen molar-refractivity contribution in [2.45, 2.75) is 39.2 Å². The van der Waals surface area contributed by atoms with Crippen molar-refractivity contribution in [1.82, 2.24) is 4.90 Å². The predicted molar refractivity (Wildman–Crippen MR) is 72.2 cm³/mol. The lowest BCUT2D eigenvalue weighted by Gasteiger charge is -2.41. The van der Waals surface area contributed by atoms with Crippen LogP contribution in [0.25, 0.3) is 0 Å². The highest BCUT2D eigenvalue weighted by atomic mass is 16.5. The van der Waals surface area contributed by atoms with E-state index in [0.29, 0.717) is 12.0 Å². The molecule has 3 aliphatic heterocycles. The minimum atomic E-state index is -0.417. The maximum Gasteiger partial charge on any atom is 0.312 e. The highest BCUT2D eigenvalue weighted by Gasteiger charge is 2.45. The van der Waals surface area contributed by atoms with Gasteiger partial charge in [-0.15, -0.1) is 6.58 Å². The quantitative estimate of drug-likeness (QED) is 0.570. The summed E-state index contributed by atoms with van der Waals surface area (Å²) < 4.78 is 4.98. The van der Waals surface area contributed by atoms with E-state index in [4.69, 9.17) is 4.74 Å². The molecule has 3 nitrogen and oxygen atoms in total. The van der Waals surface area contributed by atoms with Crippen molar-refractivity contribution in [3.05, 3.63) is 12.7 Å². The van der Waals surface area contributed by atoms with Gasteiger partial charge in [0.2, 0.25) is 0 Å². The maximum atomic E-state index is 12.0. The Morgan fingerprint density at radius 2 is 2.11 bits per heavy atom. The van der Waals surface area contributed by atoms with Crippen LogP contribution in [0.1, 0.15) is 33.1 Å². The third-order valence-electron chi connectivity index (χ3n) is 4.94. The fraction of sp³-hybridized carbons (Fsp3) is 0.800. The number of ether oxygens (including phenoxy) is 1. The molecule has 3 heterocycles. The van der Waals surface area contributed by atoms with Crippen LogP contribution >= 0.6 is 0 Å². The number of nitrogens with zero attached hydrogens (tertiary/aromatic N) is 1. The lowest BCUT2D eigenvalue weighted by Crippen LogP contribution is -2.51. The number of esters is 1. The molecular formula is C15H25NO2. The molecule has 3 saturated heterocycles. The summed E-state index contributed by atoms with van der Waals surface area (Å²) in [7, 11) is 1.49. The largest absolute Gasteiger partial charge is 0.469 e. The average Bonchev–Trinajstić information content (AvgIpc) is 2.69. The number of piperidine rings is 1. The molecule has 0 spiro atoms. The minimum Gasteiger partial charge on any atom is -0.469 e. The summed E-state index contributed by atoms with van der Waals surface area (Å²) in [5.41, 5.74) is -0.417. The zero-order valence-electron chi connectivity index (χ0n) is 11.8. The highest BCUT2D eigenvalue weighted by Crippen LogP contribution is 2.41. The second kappa shape index (κ2) is 5.04. The van der Waals surface area contributed by atoms with Crippen LogP contribution in [-0.4, -0.2) is 37.1 Å². The lowest BCUT2D eigenvalue weighted by molar-refractivity contribution is -0.155. The summed E-state index contributed by atoms with van der Waals surface area (Å²) in [4.78, 5) is 14.5. The molecule has 0 radical (unpaired) electrons. The Balaban J connectivity index is 2.20. The molecule has 0 aromatic carbocycles. The molecule has 3 heteroatoms. The number of rotatable bonds is 3. The zero-order valence-corrected chi connectivity index (χ0v) is 11.8. The van der Waals surface area contributed by atoms with E-state index in [1.165, 1.54) is 20.0 Å². The normalized spacial score (nSPS) is 35.9. The molecule has 3 fully saturated rings. The molecule has 4 atom stereocenters. The van der Waals surface area contributed by atoms with E-state index in [9.17, 15) is 4.79 Å². The molecular weight excluding hydrogens is 226 g/mol. The van der Waals surface area contributed by atoms with Gasteiger partial charge in [-0.2, -0.15) is 0 Å². The van der Waals surface area contributed by atoms with Gasteiger partial charge in [0.25, 0.3) is 0 Å². The summed E-state index contributed by atoms with van der Waals surface area (Å²) in [5.74, 6) is 1.27. The fourth-order valence-corrected chi connectivity index (χ4v) is 3.74. The minimum absolute atomic E-state index is 0.0898. The van der Waals surface area contributed by atoms with Crippen molar-refractivity contribution < 1.29 is 9.53 Å². The standard InChI is InChI=1S/C15H25NO2/c1-5-11-10-16-9-8-12(11)6-7-13(16)15(2,3)14(17)18-4/h5,11-13H,1,6-10H2,2-4H3/t11-,12+,13-/m0/s1. The van der Waals surface area contributed by atoms with E-state index in [1.807, 2.05) is 13.8 Å². The van der Waals surface area contributed by atoms with Crippen LogP contribution in [0.4, 0.5) is 0 Å². The highest BCUT2D eigenvalue weighted by molar-refractivity contribution is 5.76. The maximum absolute atomic E-state index is 12.0. The van der Waals surface area contributed by atoms with Crippen molar-refractivity contribution >= 4 is 5.97 Å². The topological polar surface area (TPSA) is 29.5 Å². The van der Waals surface area contributed by atoms with Gasteiger partial charge >= 0.3 is 5.97 Å². The zero-order chi connectivity index (χ0) is 13.3. The molecule has 3 aliphatic rings. The SMILES string of the molecule is C=C[C@H]1CN2CC[C@H]1CC[C@H]2C(C)(C)C(=O)OC. The van der Waals surface area contributed by atoms with Gasteiger partial charge in [-0.05, 0) is 51.5 Å². The van der Waals surface area contributed by atoms with E-state index < -0.39 is 5.41 Å². The molecule has 0 N–H and O–H groups in total. The van der Waals surface area contributed by atoms with Gasteiger partial charge in [-0.25, -0.2) is 0 Å². The number of methoxy groups -OCH3 is 1. The molecule has 0 saturated carbocycles. The Bertz CT molecular complexity index is 337. The Morgan fingerprint density at radius 3 is 2.72 bits per heavy atom. The first-order valence-corrected chi connectivity index (χ1v) is 6.95. The molecule has 102 valence electrons. The van der Waals surface area contributed by atoms with Crippen molar-refractivity contribution in [2.75, 3.05) is 20.2 Å². The van der Waals surface area contributed by atoms with E-state index in [2.05, 4.69) is 17.6 Å². The number of carbonyl (C=O) groups is 1. The Labute approximate surface area is 110 Å². The number of fused-ring (bicyclic) bond motifs is 4. The number of hydrogen-bond acceptors (Lipinski definition) is 3. The molecule has 18 heavy (non-hydrogen) atoms. The second-order valence-electron chi connectivity index (χ2n) is 6.25. The third kappa shape index (κ3) is 2.20. The van der Waals surface area contributed by atoms with Crippen molar-refractivity contribution in [3.8, 4) is 0 Å². The van der Waals surface area contributed by atoms with Crippen molar-refractivity contribution in [3.63, 3.8) is 0 Å². The smallest absolute Gasteiger partial charge is 0.312 e. The van der Waals surface area contributed by atoms with E-state index >= 15 is 0 Å². The van der Waals surface area contributed by atoms with Gasteiger partial charge in [-0.1, -0.05) is 6.08 Å².